The molecule has 120 heavy (non-hydrogen) atoms. The van der Waals surface area contributed by atoms with Crippen molar-refractivity contribution in [3.63, 3.8) is 0 Å². The Morgan fingerprint density at radius 3 is 1.07 bits per heavy atom. The van der Waals surface area contributed by atoms with E-state index in [2.05, 4.69) is 57.6 Å². The van der Waals surface area contributed by atoms with E-state index < -0.39 is 11.9 Å². The first-order chi connectivity index (χ1) is 58.6. The lowest BCUT2D eigenvalue weighted by atomic mass is 10.0. The van der Waals surface area contributed by atoms with Gasteiger partial charge in [0.15, 0.2) is 0 Å². The van der Waals surface area contributed by atoms with E-state index in [1.807, 2.05) is 191 Å². The molecule has 0 unspecified atom stereocenters. The van der Waals surface area contributed by atoms with Crippen LogP contribution in [0.5, 0.6) is 5.75 Å². The first kappa shape index (κ1) is 84.6. The van der Waals surface area contributed by atoms with Crippen molar-refractivity contribution < 1.29 is 74.5 Å². The van der Waals surface area contributed by atoms with Crippen LogP contribution in [0.2, 0.25) is 0 Å². The predicted octanol–water partition coefficient (Wildman–Crippen LogP) is 20.6. The van der Waals surface area contributed by atoms with Gasteiger partial charge in [-0.2, -0.15) is 0 Å². The average molecular weight is 1620 g/mol. The number of benzene rings is 6. The molecule has 0 radical (unpaired) electrons. The lowest BCUT2D eigenvalue weighted by molar-refractivity contribution is 0.0517. The maximum Gasteiger partial charge on any atom is 0.341 e. The van der Waals surface area contributed by atoms with Gasteiger partial charge >= 0.3 is 29.8 Å². The summed E-state index contributed by atoms with van der Waals surface area (Å²) in [6.07, 6.45) is 15.9. The Kier molecular flexibility index (Phi) is 29.4. The van der Waals surface area contributed by atoms with Crippen LogP contribution in [-0.2, 0) is 56.4 Å². The molecule has 10 heterocycles. The van der Waals surface area contributed by atoms with Crippen molar-refractivity contribution in [2.45, 2.75) is 95.0 Å². The van der Waals surface area contributed by atoms with Gasteiger partial charge in [-0.25, -0.2) is 24.0 Å². The minimum Gasteiger partial charge on any atom is -0.494 e. The van der Waals surface area contributed by atoms with Gasteiger partial charge in [0, 0.05) is 63.3 Å². The molecule has 6 aromatic carbocycles. The number of carbonyl (C=O) groups is 5. The number of nitrogens with zero attached hydrogens (tertiary/aromatic N) is 5. The molecule has 16 rings (SSSR count). The molecule has 0 bridgehead atoms. The highest BCUT2D eigenvalue weighted by atomic mass is 16.5. The molecule has 0 aliphatic heterocycles. The summed E-state index contributed by atoms with van der Waals surface area (Å²) in [7, 11) is 0. The van der Waals surface area contributed by atoms with Crippen molar-refractivity contribution >= 4 is 124 Å². The van der Waals surface area contributed by atoms with Crippen LogP contribution < -0.4 is 31.3 Å². The third kappa shape index (κ3) is 21.2. The molecule has 0 saturated carbocycles. The Bertz CT molecular complexity index is 6130. The fraction of sp³-hybridized carbons (Fsp3) is 0.213. The zero-order chi connectivity index (χ0) is 84.3. The Hall–Kier alpha value is -14.8. The summed E-state index contributed by atoms with van der Waals surface area (Å²) >= 11 is 0. The number of pyridine rings is 5. The van der Waals surface area contributed by atoms with Gasteiger partial charge in [0.05, 0.1) is 160 Å². The Morgan fingerprint density at radius 1 is 0.300 bits per heavy atom. The van der Waals surface area contributed by atoms with E-state index in [-0.39, 0.29) is 17.9 Å². The minimum absolute atomic E-state index is 0.299. The molecule has 26 heteroatoms. The summed E-state index contributed by atoms with van der Waals surface area (Å²) in [5.41, 5.74) is 13.0. The maximum absolute atomic E-state index is 12.4. The highest BCUT2D eigenvalue weighted by molar-refractivity contribution is 6.14. The monoisotopic (exact) mass is 1620 g/mol. The van der Waals surface area contributed by atoms with Crippen LogP contribution >= 0.6 is 0 Å². The average Bonchev–Trinajstić information content (AvgIpc) is 1.10. The molecule has 0 aliphatic carbocycles. The number of anilines is 5. The van der Waals surface area contributed by atoms with Gasteiger partial charge in [0.1, 0.15) is 62.4 Å². The number of aryl methyl sites for hydroxylation is 3. The summed E-state index contributed by atoms with van der Waals surface area (Å²) in [6.45, 7) is 21.4. The first-order valence-electron chi connectivity index (χ1n) is 39.3. The second-order valence-corrected chi connectivity index (χ2v) is 26.8. The normalized spacial score (nSPS) is 10.7. The van der Waals surface area contributed by atoms with E-state index in [0.29, 0.717) is 123 Å². The lowest BCUT2D eigenvalue weighted by Gasteiger charge is -2.15. The number of aromatic nitrogens is 5. The molecule has 16 aromatic rings. The number of hydrogen-bond donors (Lipinski definition) is 5. The number of hydrogen-bond acceptors (Lipinski definition) is 26. The first-order valence-corrected chi connectivity index (χ1v) is 39.3. The van der Waals surface area contributed by atoms with Gasteiger partial charge in [-0.05, 0) is 176 Å². The number of ether oxygens (including phenoxy) is 6. The molecule has 0 saturated heterocycles. The van der Waals surface area contributed by atoms with E-state index in [1.54, 1.807) is 90.7 Å². The number of nitrogens with one attached hydrogen (secondary N) is 5. The number of carbonyl (C=O) groups excluding carboxylic acids is 5. The van der Waals surface area contributed by atoms with Gasteiger partial charge in [-0.1, -0.05) is 77.9 Å². The molecule has 0 aliphatic rings. The molecular weight excluding hydrogens is 1530 g/mol. The third-order valence-corrected chi connectivity index (χ3v) is 18.6. The van der Waals surface area contributed by atoms with Gasteiger partial charge in [0.2, 0.25) is 0 Å². The van der Waals surface area contributed by atoms with Gasteiger partial charge in [-0.15, -0.1) is 0 Å². The van der Waals surface area contributed by atoms with E-state index in [4.69, 9.17) is 50.5 Å². The molecule has 614 valence electrons. The zero-order valence-corrected chi connectivity index (χ0v) is 68.0. The summed E-state index contributed by atoms with van der Waals surface area (Å²) in [6, 6.07) is 53.9. The molecule has 0 spiro atoms. The zero-order valence-electron chi connectivity index (χ0n) is 68.0. The van der Waals surface area contributed by atoms with Gasteiger partial charge in [0.25, 0.3) is 0 Å². The predicted molar refractivity (Wildman–Crippen MR) is 462 cm³/mol. The summed E-state index contributed by atoms with van der Waals surface area (Å²) in [4.78, 5) is 83.5. The smallest absolute Gasteiger partial charge is 0.341 e. The Morgan fingerprint density at radius 2 is 0.650 bits per heavy atom. The summed E-state index contributed by atoms with van der Waals surface area (Å²) in [5.74, 6) is 2.68. The third-order valence-electron chi connectivity index (χ3n) is 18.6. The Labute approximate surface area is 691 Å². The van der Waals surface area contributed by atoms with Crippen LogP contribution in [0.4, 0.5) is 28.4 Å². The quantitative estimate of drug-likeness (QED) is 0.0181. The fourth-order valence-electron chi connectivity index (χ4n) is 13.2. The second-order valence-electron chi connectivity index (χ2n) is 26.8. The fourth-order valence-corrected chi connectivity index (χ4v) is 13.2. The molecule has 0 amide bonds. The molecule has 0 fully saturated rings. The van der Waals surface area contributed by atoms with Crippen LogP contribution in [-0.4, -0.2) is 94.4 Å². The van der Waals surface area contributed by atoms with Crippen molar-refractivity contribution in [3.8, 4) is 5.75 Å². The number of para-hydroxylation sites is 1. The molecular formula is C94H92N10O16. The highest BCUT2D eigenvalue weighted by Gasteiger charge is 2.24. The molecule has 0 atom stereocenters. The molecule has 26 nitrogen and oxygen atoms in total. The van der Waals surface area contributed by atoms with Crippen molar-refractivity contribution in [1.82, 2.24) is 24.9 Å². The minimum atomic E-state index is -0.416. The van der Waals surface area contributed by atoms with Crippen LogP contribution in [0.15, 0.2) is 254 Å². The van der Waals surface area contributed by atoms with E-state index >= 15 is 0 Å². The second kappa shape index (κ2) is 41.7. The van der Waals surface area contributed by atoms with Gasteiger partial charge in [-0.3, -0.25) is 24.9 Å². The van der Waals surface area contributed by atoms with Crippen molar-refractivity contribution in [2.75, 3.05) is 66.2 Å². The van der Waals surface area contributed by atoms with Crippen LogP contribution in [0.3, 0.4) is 0 Å². The topological polar surface area (TPSA) is 331 Å². The number of esters is 5. The van der Waals surface area contributed by atoms with E-state index in [9.17, 15) is 24.0 Å². The summed E-state index contributed by atoms with van der Waals surface area (Å²) < 4.78 is 58.1. The van der Waals surface area contributed by atoms with Crippen LogP contribution in [0.25, 0.3) is 65.3 Å². The standard InChI is InChI=1S/C21H18N2O3.C19H20N2O4.C19H20N2O3.C18H18N2O3.C17H16N2O3/c1-2-25-21(24)18-13-23-19-16-8-4-3-6-14(16)9-10-17(19)20(18)22-12-15-7-5-11-26-15;1-3-23-13-7-8-17-15(10-13)18(21-11-14-6-5-9-25-14)16(12-20-17)19(22)24-4-2;1-4-23-19(22)16-11-21-17-13(3)8-12(2)9-15(17)18(16)20-10-14-6-5-7-24-14;1-3-22-18(21)15-11-19-16-7-6-12(2)9-14(16)17(15)20-10-13-5-4-8-23-13;1-2-21-17(20)14-11-18-15-8-4-3-7-13(15)16(14)19-10-12-6-5-9-22-12/h3-11,13H,2,12H2,1H3,(H,22,23);5-10,12H,3-4,11H2,1-2H3,(H,20,21);5-9,11H,4,10H2,1-3H3,(H,20,21);4-9,11H,3,10H2,1-2H3,(H,19,20);3-9,11H,2,10H2,1H3,(H,18,19). The summed E-state index contributed by atoms with van der Waals surface area (Å²) in [5, 5.41) is 23.0. The lowest BCUT2D eigenvalue weighted by Crippen LogP contribution is -2.11. The van der Waals surface area contributed by atoms with E-state index in [1.165, 1.54) is 6.20 Å². The SMILES string of the molecule is CCOC(=O)c1cnc2c(C)cc(C)cc2c1NCc1ccco1.CCOC(=O)c1cnc2c(ccc3ccccc32)c1NCc1ccco1.CCOC(=O)c1cnc2ccc(C)cc2c1NCc1ccco1.CCOC(=O)c1cnc2ccc(OCC)cc2c1NCc1ccco1.CCOC(=O)c1cnc2ccccc2c1NCc1ccco1. The largest absolute Gasteiger partial charge is 0.494 e. The van der Waals surface area contributed by atoms with Crippen molar-refractivity contribution in [3.05, 3.63) is 305 Å². The Balaban J connectivity index is 0.000000138. The van der Waals surface area contributed by atoms with Crippen molar-refractivity contribution in [2.24, 2.45) is 0 Å². The number of rotatable bonds is 27. The van der Waals surface area contributed by atoms with Gasteiger partial charge < -0.3 is 77.1 Å². The van der Waals surface area contributed by atoms with Crippen molar-refractivity contribution in [1.29, 1.82) is 0 Å². The molecule has 10 aromatic heterocycles. The molecule has 5 N–H and O–H groups in total. The maximum atomic E-state index is 12.4. The van der Waals surface area contributed by atoms with Crippen LogP contribution in [0, 0.1) is 20.8 Å². The number of furan rings is 5. The highest BCUT2D eigenvalue weighted by Crippen LogP contribution is 2.36. The van der Waals surface area contributed by atoms with E-state index in [0.717, 1.165) is 122 Å². The number of fused-ring (bicyclic) bond motifs is 7. The van der Waals surface area contributed by atoms with Crippen LogP contribution in [0.1, 0.15) is 139 Å².